The average Bonchev–Trinajstić information content (AvgIpc) is 3.02. The van der Waals surface area contributed by atoms with Gasteiger partial charge >= 0.3 is 0 Å². The Morgan fingerprint density at radius 2 is 2.08 bits per heavy atom. The van der Waals surface area contributed by atoms with Crippen LogP contribution in [0.25, 0.3) is 5.69 Å². The summed E-state index contributed by atoms with van der Waals surface area (Å²) in [7, 11) is 0. The highest BCUT2D eigenvalue weighted by Crippen LogP contribution is 2.27. The minimum absolute atomic E-state index is 0.0977. The first-order valence-electron chi connectivity index (χ1n) is 7.28. The van der Waals surface area contributed by atoms with Crippen LogP contribution in [0.5, 0.6) is 0 Å². The maximum absolute atomic E-state index is 11.2. The fraction of sp³-hybridized carbons (Fsp3) is 0.118. The minimum Gasteiger partial charge on any atom is -0.326 e. The van der Waals surface area contributed by atoms with Crippen molar-refractivity contribution in [1.82, 2.24) is 14.8 Å². The molecule has 0 aliphatic heterocycles. The third-order valence-electron chi connectivity index (χ3n) is 3.28. The van der Waals surface area contributed by atoms with Crippen molar-refractivity contribution in [1.29, 1.82) is 0 Å². The normalized spacial score (nSPS) is 10.6. The summed E-state index contributed by atoms with van der Waals surface area (Å²) in [5.41, 5.74) is 2.85. The highest BCUT2D eigenvalue weighted by Gasteiger charge is 2.09. The first-order valence-corrected chi connectivity index (χ1v) is 9.05. The molecule has 1 aromatic heterocycles. The molecule has 0 bridgehead atoms. The third-order valence-corrected chi connectivity index (χ3v) is 5.04. The van der Waals surface area contributed by atoms with Crippen molar-refractivity contribution in [2.24, 2.45) is 0 Å². The number of amides is 1. The number of benzene rings is 2. The quantitative estimate of drug-likeness (QED) is 0.646. The summed E-state index contributed by atoms with van der Waals surface area (Å²) >= 11 is 5.17. The van der Waals surface area contributed by atoms with Crippen LogP contribution in [-0.4, -0.2) is 20.7 Å². The lowest BCUT2D eigenvalue weighted by molar-refractivity contribution is -0.114. The minimum atomic E-state index is -0.0977. The number of anilines is 1. The van der Waals surface area contributed by atoms with E-state index in [0.717, 1.165) is 26.8 Å². The lowest BCUT2D eigenvalue weighted by Gasteiger charge is -2.09. The molecule has 5 nitrogen and oxygen atoms in total. The molecule has 3 rings (SSSR count). The van der Waals surface area contributed by atoms with Crippen molar-refractivity contribution in [3.63, 3.8) is 0 Å². The van der Waals surface area contributed by atoms with Crippen molar-refractivity contribution in [2.75, 3.05) is 5.32 Å². The van der Waals surface area contributed by atoms with Gasteiger partial charge in [-0.3, -0.25) is 9.36 Å². The summed E-state index contributed by atoms with van der Waals surface area (Å²) in [6.45, 7) is 1.49. The molecule has 24 heavy (non-hydrogen) atoms. The molecule has 122 valence electrons. The number of thioether (sulfide) groups is 1. The first-order chi connectivity index (χ1) is 11.6. The Balaban J connectivity index is 1.80. The molecule has 0 spiro atoms. The number of hydrogen-bond acceptors (Lipinski definition) is 4. The Hall–Kier alpha value is -2.12. The van der Waals surface area contributed by atoms with Gasteiger partial charge < -0.3 is 5.32 Å². The van der Waals surface area contributed by atoms with Gasteiger partial charge in [-0.05, 0) is 29.8 Å². The average molecular weight is 403 g/mol. The van der Waals surface area contributed by atoms with Gasteiger partial charge in [0.05, 0.1) is 5.69 Å². The zero-order valence-electron chi connectivity index (χ0n) is 12.9. The molecule has 0 aliphatic rings. The van der Waals surface area contributed by atoms with E-state index >= 15 is 0 Å². The van der Waals surface area contributed by atoms with Crippen molar-refractivity contribution >= 4 is 39.3 Å². The second-order valence-corrected chi connectivity index (χ2v) is 6.89. The number of carbonyl (C=O) groups excluding carboxylic acids is 1. The molecule has 2 aromatic carbocycles. The third kappa shape index (κ3) is 4.04. The molecule has 0 aliphatic carbocycles. The fourth-order valence-corrected chi connectivity index (χ4v) is 3.74. The van der Waals surface area contributed by atoms with Crippen LogP contribution in [0.1, 0.15) is 12.5 Å². The molecule has 0 radical (unpaired) electrons. The zero-order chi connectivity index (χ0) is 16.9. The highest BCUT2D eigenvalue weighted by atomic mass is 79.9. The topological polar surface area (TPSA) is 59.8 Å². The maximum atomic E-state index is 11.2. The summed E-state index contributed by atoms with van der Waals surface area (Å²) in [5, 5.41) is 11.8. The summed E-state index contributed by atoms with van der Waals surface area (Å²) in [4.78, 5) is 11.2. The summed E-state index contributed by atoms with van der Waals surface area (Å²) in [6.07, 6.45) is 1.68. The largest absolute Gasteiger partial charge is 0.326 e. The van der Waals surface area contributed by atoms with E-state index in [4.69, 9.17) is 0 Å². The smallest absolute Gasteiger partial charge is 0.221 e. The number of nitrogens with zero attached hydrogens (tertiary/aromatic N) is 3. The van der Waals surface area contributed by atoms with Crippen LogP contribution in [0.4, 0.5) is 5.69 Å². The number of nitrogens with one attached hydrogen (secondary N) is 1. The molecule has 0 fully saturated rings. The van der Waals surface area contributed by atoms with Gasteiger partial charge in [-0.15, -0.1) is 10.2 Å². The van der Waals surface area contributed by atoms with E-state index in [1.54, 1.807) is 18.1 Å². The molecule has 3 aromatic rings. The van der Waals surface area contributed by atoms with Crippen LogP contribution in [0, 0.1) is 0 Å². The van der Waals surface area contributed by atoms with E-state index in [1.807, 2.05) is 47.0 Å². The Morgan fingerprint density at radius 1 is 1.25 bits per heavy atom. The van der Waals surface area contributed by atoms with Gasteiger partial charge in [-0.1, -0.05) is 52.0 Å². The van der Waals surface area contributed by atoms with Crippen LogP contribution in [-0.2, 0) is 10.5 Å². The summed E-state index contributed by atoms with van der Waals surface area (Å²) in [6, 6.07) is 15.7. The zero-order valence-corrected chi connectivity index (χ0v) is 15.3. The van der Waals surface area contributed by atoms with E-state index in [2.05, 4.69) is 37.5 Å². The van der Waals surface area contributed by atoms with Gasteiger partial charge in [0.25, 0.3) is 0 Å². The first kappa shape index (κ1) is 16.7. The second-order valence-electron chi connectivity index (χ2n) is 5.10. The molecule has 1 heterocycles. The Bertz CT molecular complexity index is 865. The van der Waals surface area contributed by atoms with Crippen molar-refractivity contribution < 1.29 is 4.79 Å². The molecule has 0 atom stereocenters. The summed E-state index contributed by atoms with van der Waals surface area (Å²) in [5.74, 6) is 0.685. The van der Waals surface area contributed by atoms with E-state index < -0.39 is 0 Å². The van der Waals surface area contributed by atoms with E-state index in [0.29, 0.717) is 0 Å². The maximum Gasteiger partial charge on any atom is 0.221 e. The van der Waals surface area contributed by atoms with Crippen LogP contribution < -0.4 is 5.32 Å². The molecule has 0 saturated carbocycles. The molecule has 0 unspecified atom stereocenters. The van der Waals surface area contributed by atoms with E-state index in [1.165, 1.54) is 12.5 Å². The number of rotatable bonds is 5. The molecule has 7 heteroatoms. The SMILES string of the molecule is CC(=O)Nc1cccc(-n2cnnc2SCc2ccccc2Br)c1. The Kier molecular flexibility index (Phi) is 5.32. The van der Waals surface area contributed by atoms with Crippen molar-refractivity contribution in [2.45, 2.75) is 17.8 Å². The Labute approximate surface area is 152 Å². The van der Waals surface area contributed by atoms with Crippen LogP contribution >= 0.6 is 27.7 Å². The van der Waals surface area contributed by atoms with Gasteiger partial charge in [-0.25, -0.2) is 0 Å². The van der Waals surface area contributed by atoms with Gasteiger partial charge in [0.1, 0.15) is 6.33 Å². The summed E-state index contributed by atoms with van der Waals surface area (Å²) < 4.78 is 2.99. The molecule has 1 N–H and O–H groups in total. The molecule has 1 amide bonds. The number of hydrogen-bond donors (Lipinski definition) is 1. The second kappa shape index (κ2) is 7.63. The predicted molar refractivity (Wildman–Crippen MR) is 99.4 cm³/mol. The van der Waals surface area contributed by atoms with Crippen LogP contribution in [0.15, 0.2) is 64.5 Å². The van der Waals surface area contributed by atoms with Gasteiger partial charge in [0.15, 0.2) is 5.16 Å². The van der Waals surface area contributed by atoms with Crippen molar-refractivity contribution in [3.8, 4) is 5.69 Å². The van der Waals surface area contributed by atoms with E-state index in [9.17, 15) is 4.79 Å². The number of halogens is 1. The molecular weight excluding hydrogens is 388 g/mol. The highest BCUT2D eigenvalue weighted by molar-refractivity contribution is 9.10. The number of aromatic nitrogens is 3. The molecular formula is C17H15BrN4OS. The predicted octanol–water partition coefficient (Wildman–Crippen LogP) is 4.28. The lowest BCUT2D eigenvalue weighted by Crippen LogP contribution is -2.06. The van der Waals surface area contributed by atoms with Gasteiger partial charge in [0, 0.05) is 22.8 Å². The fourth-order valence-electron chi connectivity index (χ4n) is 2.19. The van der Waals surface area contributed by atoms with Gasteiger partial charge in [-0.2, -0.15) is 0 Å². The van der Waals surface area contributed by atoms with E-state index in [-0.39, 0.29) is 5.91 Å². The Morgan fingerprint density at radius 3 is 2.88 bits per heavy atom. The van der Waals surface area contributed by atoms with Crippen LogP contribution in [0.2, 0.25) is 0 Å². The number of carbonyl (C=O) groups is 1. The van der Waals surface area contributed by atoms with Gasteiger partial charge in [0.2, 0.25) is 5.91 Å². The van der Waals surface area contributed by atoms with Crippen LogP contribution in [0.3, 0.4) is 0 Å². The molecule has 0 saturated heterocycles. The van der Waals surface area contributed by atoms with Crippen molar-refractivity contribution in [3.05, 3.63) is 64.9 Å². The lowest BCUT2D eigenvalue weighted by atomic mass is 10.2. The standard InChI is InChI=1S/C17H15BrN4OS/c1-12(23)20-14-6-4-7-15(9-14)22-11-19-21-17(22)24-10-13-5-2-3-8-16(13)18/h2-9,11H,10H2,1H3,(H,20,23). The monoisotopic (exact) mass is 402 g/mol.